The Morgan fingerprint density at radius 1 is 1.32 bits per heavy atom. The molecule has 0 radical (unpaired) electrons. The minimum absolute atomic E-state index is 0.215. The number of hydrogen-bond acceptors (Lipinski definition) is 4. The highest BCUT2D eigenvalue weighted by Gasteiger charge is 2.33. The molecular weight excluding hydrogens is 242 g/mol. The average Bonchev–Trinajstić information content (AvgIpc) is 2.39. The van der Waals surface area contributed by atoms with Crippen molar-refractivity contribution in [1.29, 1.82) is 0 Å². The van der Waals surface area contributed by atoms with Crippen LogP contribution in [0.5, 0.6) is 5.75 Å². The van der Waals surface area contributed by atoms with Gasteiger partial charge in [0.2, 0.25) is 0 Å². The third kappa shape index (κ3) is 3.70. The van der Waals surface area contributed by atoms with E-state index in [1.807, 2.05) is 57.0 Å². The third-order valence-electron chi connectivity index (χ3n) is 3.33. The number of ether oxygens (including phenoxy) is 2. The maximum Gasteiger partial charge on any atom is 0.325 e. The van der Waals surface area contributed by atoms with Crippen LogP contribution in [0.4, 0.5) is 0 Å². The first-order chi connectivity index (χ1) is 8.93. The van der Waals surface area contributed by atoms with Gasteiger partial charge in [-0.25, -0.2) is 0 Å². The number of nitrogens with zero attached hydrogens (tertiary/aromatic N) is 1. The molecular formula is C15H23NO3. The number of carbonyl (C=O) groups is 1. The van der Waals surface area contributed by atoms with E-state index in [1.165, 1.54) is 0 Å². The Labute approximate surface area is 115 Å². The van der Waals surface area contributed by atoms with Gasteiger partial charge >= 0.3 is 5.97 Å². The fourth-order valence-corrected chi connectivity index (χ4v) is 1.75. The molecule has 0 spiro atoms. The predicted molar refractivity (Wildman–Crippen MR) is 75.2 cm³/mol. The standard InChI is InChI=1S/C15H23NO3/c1-6-19-14(17)15(2,3)16(4)11-12-9-7-8-10-13(12)18-5/h7-10H,6,11H2,1-5H3. The maximum absolute atomic E-state index is 12.0. The molecule has 1 rings (SSSR count). The van der Waals surface area contributed by atoms with Gasteiger partial charge in [0.25, 0.3) is 0 Å². The van der Waals surface area contributed by atoms with Crippen molar-refractivity contribution in [2.24, 2.45) is 0 Å². The van der Waals surface area contributed by atoms with Gasteiger partial charge < -0.3 is 9.47 Å². The van der Waals surface area contributed by atoms with Gasteiger partial charge in [0.05, 0.1) is 13.7 Å². The van der Waals surface area contributed by atoms with Crippen molar-refractivity contribution in [3.63, 3.8) is 0 Å². The zero-order valence-electron chi connectivity index (χ0n) is 12.4. The first-order valence-corrected chi connectivity index (χ1v) is 6.43. The fraction of sp³-hybridized carbons (Fsp3) is 0.533. The fourth-order valence-electron chi connectivity index (χ4n) is 1.75. The van der Waals surface area contributed by atoms with Gasteiger partial charge in [-0.05, 0) is 33.9 Å². The Balaban J connectivity index is 2.83. The van der Waals surface area contributed by atoms with Crippen LogP contribution in [-0.2, 0) is 16.1 Å². The first-order valence-electron chi connectivity index (χ1n) is 6.43. The van der Waals surface area contributed by atoms with Gasteiger partial charge in [0, 0.05) is 12.1 Å². The summed E-state index contributed by atoms with van der Waals surface area (Å²) >= 11 is 0. The van der Waals surface area contributed by atoms with Crippen molar-refractivity contribution in [3.8, 4) is 5.75 Å². The smallest absolute Gasteiger partial charge is 0.325 e. The summed E-state index contributed by atoms with van der Waals surface area (Å²) in [4.78, 5) is 13.9. The molecule has 0 amide bonds. The number of hydrogen-bond donors (Lipinski definition) is 0. The number of esters is 1. The van der Waals surface area contributed by atoms with Crippen LogP contribution < -0.4 is 4.74 Å². The number of carbonyl (C=O) groups excluding carboxylic acids is 1. The molecule has 0 aliphatic carbocycles. The summed E-state index contributed by atoms with van der Waals surface area (Å²) in [5.41, 5.74) is 0.376. The van der Waals surface area contributed by atoms with Crippen LogP contribution in [0.1, 0.15) is 26.3 Å². The molecule has 0 bridgehead atoms. The van der Waals surface area contributed by atoms with E-state index in [0.29, 0.717) is 13.2 Å². The molecule has 0 heterocycles. The number of methoxy groups -OCH3 is 1. The van der Waals surface area contributed by atoms with E-state index in [2.05, 4.69) is 0 Å². The number of benzene rings is 1. The van der Waals surface area contributed by atoms with Gasteiger partial charge in [0.15, 0.2) is 0 Å². The summed E-state index contributed by atoms with van der Waals surface area (Å²) in [5.74, 6) is 0.612. The van der Waals surface area contributed by atoms with Gasteiger partial charge in [0.1, 0.15) is 11.3 Å². The maximum atomic E-state index is 12.0. The van der Waals surface area contributed by atoms with Crippen LogP contribution in [0.25, 0.3) is 0 Å². The highest BCUT2D eigenvalue weighted by atomic mass is 16.5. The van der Waals surface area contributed by atoms with E-state index in [-0.39, 0.29) is 5.97 Å². The van der Waals surface area contributed by atoms with E-state index in [1.54, 1.807) is 7.11 Å². The zero-order valence-corrected chi connectivity index (χ0v) is 12.4. The van der Waals surface area contributed by atoms with Gasteiger partial charge in [-0.2, -0.15) is 0 Å². The molecule has 106 valence electrons. The van der Waals surface area contributed by atoms with Crippen molar-refractivity contribution in [1.82, 2.24) is 4.90 Å². The summed E-state index contributed by atoms with van der Waals surface area (Å²) in [6.45, 7) is 6.55. The largest absolute Gasteiger partial charge is 0.496 e. The lowest BCUT2D eigenvalue weighted by Gasteiger charge is -2.33. The molecule has 1 aromatic rings. The quantitative estimate of drug-likeness (QED) is 0.741. The number of likely N-dealkylation sites (N-methyl/N-ethyl adjacent to an activating group) is 1. The van der Waals surface area contributed by atoms with E-state index < -0.39 is 5.54 Å². The second-order valence-electron chi connectivity index (χ2n) is 4.95. The molecule has 0 N–H and O–H groups in total. The minimum atomic E-state index is -0.670. The summed E-state index contributed by atoms with van der Waals surface area (Å²) in [6.07, 6.45) is 0. The van der Waals surface area contributed by atoms with Crippen LogP contribution in [0, 0.1) is 0 Å². The molecule has 0 aliphatic heterocycles. The topological polar surface area (TPSA) is 38.8 Å². The van der Waals surface area contributed by atoms with Gasteiger partial charge in [-0.1, -0.05) is 18.2 Å². The van der Waals surface area contributed by atoms with E-state index in [4.69, 9.17) is 9.47 Å². The van der Waals surface area contributed by atoms with Crippen LogP contribution in [0.3, 0.4) is 0 Å². The van der Waals surface area contributed by atoms with E-state index in [0.717, 1.165) is 11.3 Å². The normalized spacial score (nSPS) is 11.5. The predicted octanol–water partition coefficient (Wildman–Crippen LogP) is 2.47. The Hall–Kier alpha value is -1.55. The van der Waals surface area contributed by atoms with Crippen molar-refractivity contribution >= 4 is 5.97 Å². The molecule has 4 heteroatoms. The molecule has 0 aliphatic rings. The Bertz CT molecular complexity index is 429. The van der Waals surface area contributed by atoms with Crippen molar-refractivity contribution in [3.05, 3.63) is 29.8 Å². The highest BCUT2D eigenvalue weighted by Crippen LogP contribution is 2.23. The van der Waals surface area contributed by atoms with Crippen molar-refractivity contribution in [2.45, 2.75) is 32.9 Å². The lowest BCUT2D eigenvalue weighted by molar-refractivity contribution is -0.155. The van der Waals surface area contributed by atoms with E-state index >= 15 is 0 Å². The SMILES string of the molecule is CCOC(=O)C(C)(C)N(C)Cc1ccccc1OC. The second kappa shape index (κ2) is 6.57. The molecule has 0 aromatic heterocycles. The lowest BCUT2D eigenvalue weighted by Crippen LogP contribution is -2.48. The second-order valence-corrected chi connectivity index (χ2v) is 4.95. The summed E-state index contributed by atoms with van der Waals surface area (Å²) in [7, 11) is 3.55. The summed E-state index contributed by atoms with van der Waals surface area (Å²) < 4.78 is 10.4. The molecule has 1 aromatic carbocycles. The zero-order chi connectivity index (χ0) is 14.5. The van der Waals surface area contributed by atoms with Crippen LogP contribution in [0.2, 0.25) is 0 Å². The Kier molecular flexibility index (Phi) is 5.36. The summed E-state index contributed by atoms with van der Waals surface area (Å²) in [6, 6.07) is 7.80. The Morgan fingerprint density at radius 2 is 1.95 bits per heavy atom. The molecule has 4 nitrogen and oxygen atoms in total. The molecule has 0 atom stereocenters. The van der Waals surface area contributed by atoms with Crippen molar-refractivity contribution in [2.75, 3.05) is 20.8 Å². The molecule has 0 saturated heterocycles. The average molecular weight is 265 g/mol. The highest BCUT2D eigenvalue weighted by molar-refractivity contribution is 5.79. The monoisotopic (exact) mass is 265 g/mol. The van der Waals surface area contributed by atoms with Crippen LogP contribution in [0.15, 0.2) is 24.3 Å². The summed E-state index contributed by atoms with van der Waals surface area (Å²) in [5, 5.41) is 0. The van der Waals surface area contributed by atoms with Gasteiger partial charge in [-0.3, -0.25) is 9.69 Å². The molecule has 0 fully saturated rings. The van der Waals surface area contributed by atoms with Crippen molar-refractivity contribution < 1.29 is 14.3 Å². The van der Waals surface area contributed by atoms with Crippen LogP contribution >= 0.6 is 0 Å². The minimum Gasteiger partial charge on any atom is -0.496 e. The number of rotatable bonds is 6. The Morgan fingerprint density at radius 3 is 2.53 bits per heavy atom. The van der Waals surface area contributed by atoms with E-state index in [9.17, 15) is 4.79 Å². The molecule has 0 unspecified atom stereocenters. The lowest BCUT2D eigenvalue weighted by atomic mass is 10.0. The van der Waals surface area contributed by atoms with Crippen LogP contribution in [-0.4, -0.2) is 37.2 Å². The van der Waals surface area contributed by atoms with Gasteiger partial charge in [-0.15, -0.1) is 0 Å². The molecule has 0 saturated carbocycles. The number of para-hydroxylation sites is 1. The first kappa shape index (κ1) is 15.5. The molecule has 19 heavy (non-hydrogen) atoms. The third-order valence-corrected chi connectivity index (χ3v) is 3.33.